The van der Waals surface area contributed by atoms with Crippen LogP contribution in [0.3, 0.4) is 0 Å². The van der Waals surface area contributed by atoms with Crippen LogP contribution in [0.15, 0.2) is 26.5 Å². The maximum Gasteiger partial charge on any atom is 0.312 e. The van der Waals surface area contributed by atoms with Crippen LogP contribution in [0.25, 0.3) is 6.08 Å². The van der Waals surface area contributed by atoms with Crippen LogP contribution in [0.4, 0.5) is 5.69 Å². The molecule has 2 rings (SSSR count). The van der Waals surface area contributed by atoms with Gasteiger partial charge in [0.25, 0.3) is 5.91 Å². The van der Waals surface area contributed by atoms with E-state index in [9.17, 15) is 20.0 Å². The number of phenolic OH excluding ortho intramolecular Hbond substituents is 1. The zero-order chi connectivity index (χ0) is 17.1. The Morgan fingerprint density at radius 1 is 1.48 bits per heavy atom. The Kier molecular flexibility index (Phi) is 5.42. The Morgan fingerprint density at radius 2 is 2.17 bits per heavy atom. The Bertz CT molecular complexity index is 733. The molecule has 0 bridgehead atoms. The first-order valence-corrected chi connectivity index (χ1v) is 8.42. The topological polar surface area (TPSA) is 96.0 Å². The van der Waals surface area contributed by atoms with Gasteiger partial charge in [0.15, 0.2) is 5.17 Å². The lowest BCUT2D eigenvalue weighted by atomic mass is 10.1. The molecule has 0 unspecified atom stereocenters. The van der Waals surface area contributed by atoms with Gasteiger partial charge in [0.05, 0.1) is 14.3 Å². The number of nitrogens with zero attached hydrogens (tertiary/aromatic N) is 3. The molecular formula is C14H14BrN3O4S. The molecule has 1 fully saturated rings. The first kappa shape index (κ1) is 17.5. The lowest BCUT2D eigenvalue weighted by molar-refractivity contribution is -0.386. The molecule has 0 aromatic heterocycles. The lowest BCUT2D eigenvalue weighted by Gasteiger charge is -2.11. The molecule has 0 saturated carbocycles. The predicted molar refractivity (Wildman–Crippen MR) is 93.4 cm³/mol. The minimum Gasteiger partial charge on any atom is -0.501 e. The molecule has 1 saturated heterocycles. The van der Waals surface area contributed by atoms with Crippen molar-refractivity contribution in [2.45, 2.75) is 13.8 Å². The highest BCUT2D eigenvalue weighted by Gasteiger charge is 2.32. The maximum absolute atomic E-state index is 12.4. The van der Waals surface area contributed by atoms with Crippen molar-refractivity contribution in [3.05, 3.63) is 37.2 Å². The van der Waals surface area contributed by atoms with Gasteiger partial charge in [-0.15, -0.1) is 0 Å². The number of benzene rings is 1. The summed E-state index contributed by atoms with van der Waals surface area (Å²) in [6.07, 6.45) is 1.56. The molecule has 23 heavy (non-hydrogen) atoms. The average molecular weight is 400 g/mol. The van der Waals surface area contributed by atoms with Gasteiger partial charge in [-0.25, -0.2) is 0 Å². The normalized spacial score (nSPS) is 18.2. The largest absolute Gasteiger partial charge is 0.501 e. The molecule has 7 nitrogen and oxygen atoms in total. The van der Waals surface area contributed by atoms with Crippen molar-refractivity contribution < 1.29 is 14.8 Å². The smallest absolute Gasteiger partial charge is 0.312 e. The summed E-state index contributed by atoms with van der Waals surface area (Å²) in [6, 6.07) is 2.75. The second-order valence-electron chi connectivity index (χ2n) is 4.54. The van der Waals surface area contributed by atoms with Crippen LogP contribution in [0, 0.1) is 10.1 Å². The monoisotopic (exact) mass is 399 g/mol. The summed E-state index contributed by atoms with van der Waals surface area (Å²) in [7, 11) is 0. The number of carbonyl (C=O) groups is 1. The molecule has 1 aliphatic heterocycles. The van der Waals surface area contributed by atoms with Crippen molar-refractivity contribution in [2.75, 3.05) is 13.1 Å². The van der Waals surface area contributed by atoms with E-state index in [0.717, 1.165) is 0 Å². The highest BCUT2D eigenvalue weighted by atomic mass is 79.9. The quantitative estimate of drug-likeness (QED) is 0.475. The summed E-state index contributed by atoms with van der Waals surface area (Å²) in [5.74, 6) is -0.623. The Balaban J connectivity index is 2.45. The minimum absolute atomic E-state index is 0.184. The number of amidine groups is 1. The molecule has 1 N–H and O–H groups in total. The minimum atomic E-state index is -0.673. The third-order valence-corrected chi connectivity index (χ3v) is 4.71. The van der Waals surface area contributed by atoms with E-state index in [1.165, 1.54) is 23.9 Å². The van der Waals surface area contributed by atoms with Crippen molar-refractivity contribution in [1.29, 1.82) is 0 Å². The van der Waals surface area contributed by atoms with E-state index >= 15 is 0 Å². The van der Waals surface area contributed by atoms with Gasteiger partial charge >= 0.3 is 5.69 Å². The molecule has 1 aromatic rings. The van der Waals surface area contributed by atoms with Crippen molar-refractivity contribution in [1.82, 2.24) is 4.90 Å². The van der Waals surface area contributed by atoms with Crippen LogP contribution >= 0.6 is 27.7 Å². The highest BCUT2D eigenvalue weighted by Crippen LogP contribution is 2.37. The van der Waals surface area contributed by atoms with Crippen LogP contribution < -0.4 is 0 Å². The Morgan fingerprint density at radius 3 is 2.74 bits per heavy atom. The summed E-state index contributed by atoms with van der Waals surface area (Å²) in [5, 5.41) is 21.3. The second-order valence-corrected chi connectivity index (χ2v) is 6.41. The average Bonchev–Trinajstić information content (AvgIpc) is 2.78. The maximum atomic E-state index is 12.4. The van der Waals surface area contributed by atoms with E-state index in [1.54, 1.807) is 11.0 Å². The van der Waals surface area contributed by atoms with E-state index in [2.05, 4.69) is 20.9 Å². The van der Waals surface area contributed by atoms with Gasteiger partial charge in [-0.2, -0.15) is 0 Å². The van der Waals surface area contributed by atoms with E-state index in [4.69, 9.17) is 0 Å². The van der Waals surface area contributed by atoms with E-state index in [0.29, 0.717) is 28.7 Å². The first-order chi connectivity index (χ1) is 10.9. The molecule has 1 amide bonds. The van der Waals surface area contributed by atoms with Gasteiger partial charge in [-0.3, -0.25) is 24.8 Å². The predicted octanol–water partition coefficient (Wildman–Crippen LogP) is 3.38. The molecule has 1 heterocycles. The second kappa shape index (κ2) is 7.14. The molecule has 9 heteroatoms. The number of amides is 1. The number of hydrogen-bond acceptors (Lipinski definition) is 6. The number of phenols is 1. The van der Waals surface area contributed by atoms with E-state index in [-0.39, 0.29) is 10.4 Å². The van der Waals surface area contributed by atoms with Crippen LogP contribution in [0.5, 0.6) is 5.75 Å². The fraction of sp³-hybridized carbons (Fsp3) is 0.286. The summed E-state index contributed by atoms with van der Waals surface area (Å²) in [4.78, 5) is 28.9. The Hall–Kier alpha value is -1.87. The number of carbonyl (C=O) groups excluding carboxylic acids is 1. The number of rotatable bonds is 4. The van der Waals surface area contributed by atoms with E-state index < -0.39 is 16.4 Å². The van der Waals surface area contributed by atoms with Gasteiger partial charge in [-0.1, -0.05) is 0 Å². The molecule has 0 aliphatic carbocycles. The van der Waals surface area contributed by atoms with Gasteiger partial charge in [0, 0.05) is 19.2 Å². The van der Waals surface area contributed by atoms with Crippen LogP contribution in [-0.2, 0) is 4.79 Å². The number of aromatic hydroxyl groups is 1. The third-order valence-electron chi connectivity index (χ3n) is 3.06. The molecular weight excluding hydrogens is 386 g/mol. The number of aliphatic imine (C=N–C) groups is 1. The molecule has 1 aromatic carbocycles. The number of halogens is 1. The zero-order valence-corrected chi connectivity index (χ0v) is 14.8. The number of nitro benzene ring substituents is 1. The summed E-state index contributed by atoms with van der Waals surface area (Å²) >= 11 is 4.32. The fourth-order valence-electron chi connectivity index (χ4n) is 2.02. The number of hydrogen-bond donors (Lipinski definition) is 1. The standard InChI is InChI=1S/C14H14BrN3O4S/c1-3-16-14-17(4-2)13(20)11(23-14)7-8-5-9(15)12(19)10(6-8)18(21)22/h5-7,19H,3-4H2,1-2H3/b11-7+,16-14?. The molecule has 0 atom stereocenters. The molecule has 0 spiro atoms. The number of likely N-dealkylation sites (N-methyl/N-ethyl adjacent to an activating group) is 1. The number of thioether (sulfide) groups is 1. The van der Waals surface area contributed by atoms with Crippen molar-refractivity contribution in [2.24, 2.45) is 4.99 Å². The third kappa shape index (κ3) is 3.56. The van der Waals surface area contributed by atoms with Crippen molar-refractivity contribution >= 4 is 50.5 Å². The van der Waals surface area contributed by atoms with Gasteiger partial charge in [-0.05, 0) is 59.2 Å². The highest BCUT2D eigenvalue weighted by molar-refractivity contribution is 9.10. The van der Waals surface area contributed by atoms with Crippen molar-refractivity contribution in [3.8, 4) is 5.75 Å². The first-order valence-electron chi connectivity index (χ1n) is 6.81. The lowest BCUT2D eigenvalue weighted by Crippen LogP contribution is -2.28. The summed E-state index contributed by atoms with van der Waals surface area (Å²) in [5.41, 5.74) is 0.0301. The summed E-state index contributed by atoms with van der Waals surface area (Å²) in [6.45, 7) is 4.81. The van der Waals surface area contributed by atoms with Crippen LogP contribution in [0.1, 0.15) is 19.4 Å². The van der Waals surface area contributed by atoms with Crippen LogP contribution in [0.2, 0.25) is 0 Å². The van der Waals surface area contributed by atoms with Gasteiger partial charge in [0.2, 0.25) is 5.75 Å². The van der Waals surface area contributed by atoms with E-state index in [1.807, 2.05) is 13.8 Å². The van der Waals surface area contributed by atoms with Gasteiger partial charge < -0.3 is 5.11 Å². The molecule has 122 valence electrons. The summed E-state index contributed by atoms with van der Waals surface area (Å²) < 4.78 is 0.198. The molecule has 1 aliphatic rings. The van der Waals surface area contributed by atoms with Gasteiger partial charge in [0.1, 0.15) is 0 Å². The van der Waals surface area contributed by atoms with Crippen LogP contribution in [-0.4, -0.2) is 39.1 Å². The molecule has 0 radical (unpaired) electrons. The SMILES string of the molecule is CCN=C1S/C(=C/c2cc(Br)c(O)c([N+](=O)[O-])c2)C(=O)N1CC. The number of nitro groups is 1. The van der Waals surface area contributed by atoms with Crippen molar-refractivity contribution in [3.63, 3.8) is 0 Å². The Labute approximate surface area is 145 Å². The fourth-order valence-corrected chi connectivity index (χ4v) is 3.59. The zero-order valence-electron chi connectivity index (χ0n) is 12.4.